The van der Waals surface area contributed by atoms with Gasteiger partial charge in [-0.1, -0.05) is 24.3 Å². The molecule has 98 valence electrons. The second kappa shape index (κ2) is 4.96. The van der Waals surface area contributed by atoms with E-state index in [0.717, 1.165) is 24.2 Å². The lowest BCUT2D eigenvalue weighted by Gasteiger charge is -2.26. The van der Waals surface area contributed by atoms with Gasteiger partial charge in [-0.3, -0.25) is 0 Å². The van der Waals surface area contributed by atoms with E-state index in [9.17, 15) is 0 Å². The maximum Gasteiger partial charge on any atom is 0.0365 e. The van der Waals surface area contributed by atoms with Crippen LogP contribution in [0.2, 0.25) is 0 Å². The van der Waals surface area contributed by atoms with E-state index >= 15 is 0 Å². The quantitative estimate of drug-likeness (QED) is 0.802. The Balaban J connectivity index is 1.75. The molecule has 0 aliphatic heterocycles. The summed E-state index contributed by atoms with van der Waals surface area (Å²) >= 11 is 0. The molecule has 1 aliphatic rings. The monoisotopic (exact) mass is 252 g/mol. The van der Waals surface area contributed by atoms with Gasteiger partial charge >= 0.3 is 0 Å². The van der Waals surface area contributed by atoms with Crippen LogP contribution in [0.15, 0.2) is 42.5 Å². The Labute approximate surface area is 114 Å². The molecule has 2 nitrogen and oxygen atoms in total. The van der Waals surface area contributed by atoms with Crippen molar-refractivity contribution in [1.29, 1.82) is 0 Å². The van der Waals surface area contributed by atoms with Crippen molar-refractivity contribution in [2.75, 3.05) is 11.1 Å². The number of nitrogen functional groups attached to an aromatic ring is 1. The van der Waals surface area contributed by atoms with E-state index in [0.29, 0.717) is 6.04 Å². The Morgan fingerprint density at radius 1 is 1.11 bits per heavy atom. The molecule has 3 N–H and O–H groups in total. The summed E-state index contributed by atoms with van der Waals surface area (Å²) in [6.45, 7) is 2.08. The summed E-state index contributed by atoms with van der Waals surface area (Å²) < 4.78 is 0. The van der Waals surface area contributed by atoms with Crippen LogP contribution in [-0.2, 0) is 12.8 Å². The number of anilines is 2. The predicted molar refractivity (Wildman–Crippen MR) is 81.5 cm³/mol. The van der Waals surface area contributed by atoms with Gasteiger partial charge in [-0.25, -0.2) is 0 Å². The van der Waals surface area contributed by atoms with Crippen LogP contribution in [0.25, 0.3) is 0 Å². The van der Waals surface area contributed by atoms with Crippen molar-refractivity contribution in [3.8, 4) is 0 Å². The highest BCUT2D eigenvalue weighted by atomic mass is 14.9. The molecule has 3 rings (SSSR count). The van der Waals surface area contributed by atoms with Crippen LogP contribution in [0.5, 0.6) is 0 Å². The summed E-state index contributed by atoms with van der Waals surface area (Å²) in [5, 5.41) is 3.62. The van der Waals surface area contributed by atoms with E-state index in [1.165, 1.54) is 23.1 Å². The van der Waals surface area contributed by atoms with Crippen LogP contribution in [0.1, 0.15) is 23.1 Å². The van der Waals surface area contributed by atoms with Crippen molar-refractivity contribution in [2.45, 2.75) is 32.2 Å². The number of nitrogens with one attached hydrogen (secondary N) is 1. The maximum atomic E-state index is 5.90. The summed E-state index contributed by atoms with van der Waals surface area (Å²) in [7, 11) is 0. The van der Waals surface area contributed by atoms with Crippen LogP contribution in [-0.4, -0.2) is 6.04 Å². The van der Waals surface area contributed by atoms with Gasteiger partial charge in [0.15, 0.2) is 0 Å². The first-order valence-corrected chi connectivity index (χ1v) is 6.91. The summed E-state index contributed by atoms with van der Waals surface area (Å²) in [5.74, 6) is 0. The first-order valence-electron chi connectivity index (χ1n) is 6.91. The summed E-state index contributed by atoms with van der Waals surface area (Å²) in [6.07, 6.45) is 3.45. The molecule has 0 heterocycles. The molecular formula is C17H20N2. The Morgan fingerprint density at radius 2 is 1.89 bits per heavy atom. The molecule has 0 aromatic heterocycles. The highest BCUT2D eigenvalue weighted by Gasteiger charge is 2.17. The van der Waals surface area contributed by atoms with E-state index < -0.39 is 0 Å². The minimum Gasteiger partial charge on any atom is -0.399 e. The molecular weight excluding hydrogens is 232 g/mol. The summed E-state index contributed by atoms with van der Waals surface area (Å²) in [5.41, 5.74) is 12.1. The standard InChI is InChI=1S/C17H20N2/c1-12-8-15(18)11-17(9-12)19-16-7-6-13-4-2-3-5-14(13)10-16/h2-5,8-9,11,16,19H,6-7,10,18H2,1H3. The minimum atomic E-state index is 0.510. The molecule has 0 saturated carbocycles. The lowest BCUT2D eigenvalue weighted by Crippen LogP contribution is -2.27. The first kappa shape index (κ1) is 12.1. The predicted octanol–water partition coefficient (Wildman–Crippen LogP) is 3.55. The van der Waals surface area contributed by atoms with E-state index in [-0.39, 0.29) is 0 Å². The molecule has 2 heteroatoms. The Kier molecular flexibility index (Phi) is 3.16. The first-order chi connectivity index (χ1) is 9.20. The normalized spacial score (nSPS) is 17.8. The molecule has 1 atom stereocenters. The number of rotatable bonds is 2. The number of benzene rings is 2. The van der Waals surface area contributed by atoms with Crippen LogP contribution < -0.4 is 11.1 Å². The zero-order chi connectivity index (χ0) is 13.2. The van der Waals surface area contributed by atoms with Gasteiger partial charge in [0.25, 0.3) is 0 Å². The number of hydrogen-bond acceptors (Lipinski definition) is 2. The SMILES string of the molecule is Cc1cc(N)cc(NC2CCc3ccccc3C2)c1. The Hall–Kier alpha value is -1.96. The highest BCUT2D eigenvalue weighted by molar-refractivity contribution is 5.57. The van der Waals surface area contributed by atoms with Crippen molar-refractivity contribution >= 4 is 11.4 Å². The van der Waals surface area contributed by atoms with Gasteiger partial charge in [-0.05, 0) is 61.1 Å². The third-order valence-electron chi connectivity index (χ3n) is 3.82. The molecule has 0 bridgehead atoms. The fourth-order valence-electron chi connectivity index (χ4n) is 2.95. The third-order valence-corrected chi connectivity index (χ3v) is 3.82. The second-order valence-corrected chi connectivity index (χ2v) is 5.49. The fraction of sp³-hybridized carbons (Fsp3) is 0.294. The average Bonchev–Trinajstić information content (AvgIpc) is 2.37. The molecule has 0 radical (unpaired) electrons. The maximum absolute atomic E-state index is 5.90. The summed E-state index contributed by atoms with van der Waals surface area (Å²) in [4.78, 5) is 0. The molecule has 0 amide bonds. The van der Waals surface area contributed by atoms with Crippen LogP contribution in [0, 0.1) is 6.92 Å². The second-order valence-electron chi connectivity index (χ2n) is 5.49. The number of hydrogen-bond donors (Lipinski definition) is 2. The van der Waals surface area contributed by atoms with Gasteiger partial charge in [-0.2, -0.15) is 0 Å². The van der Waals surface area contributed by atoms with Crippen LogP contribution in [0.4, 0.5) is 11.4 Å². The van der Waals surface area contributed by atoms with E-state index in [1.54, 1.807) is 0 Å². The number of fused-ring (bicyclic) bond motifs is 1. The third kappa shape index (κ3) is 2.73. The van der Waals surface area contributed by atoms with Crippen molar-refractivity contribution < 1.29 is 0 Å². The number of nitrogens with two attached hydrogens (primary N) is 1. The lowest BCUT2D eigenvalue weighted by molar-refractivity contribution is 0.611. The number of aryl methyl sites for hydroxylation is 2. The van der Waals surface area contributed by atoms with E-state index in [2.05, 4.69) is 42.6 Å². The molecule has 0 saturated heterocycles. The molecule has 0 spiro atoms. The van der Waals surface area contributed by atoms with Crippen molar-refractivity contribution in [3.63, 3.8) is 0 Å². The van der Waals surface area contributed by atoms with Crippen LogP contribution >= 0.6 is 0 Å². The molecule has 2 aromatic carbocycles. The average molecular weight is 252 g/mol. The van der Waals surface area contributed by atoms with Gasteiger partial charge in [0.05, 0.1) is 0 Å². The van der Waals surface area contributed by atoms with Gasteiger partial charge in [-0.15, -0.1) is 0 Å². The molecule has 1 unspecified atom stereocenters. The summed E-state index contributed by atoms with van der Waals surface area (Å²) in [6, 6.07) is 15.5. The molecule has 19 heavy (non-hydrogen) atoms. The smallest absolute Gasteiger partial charge is 0.0365 e. The molecule has 0 fully saturated rings. The van der Waals surface area contributed by atoms with Crippen molar-refractivity contribution in [3.05, 3.63) is 59.2 Å². The van der Waals surface area contributed by atoms with Crippen molar-refractivity contribution in [1.82, 2.24) is 0 Å². The minimum absolute atomic E-state index is 0.510. The van der Waals surface area contributed by atoms with E-state index in [1.807, 2.05) is 12.1 Å². The van der Waals surface area contributed by atoms with Gasteiger partial charge in [0.1, 0.15) is 0 Å². The zero-order valence-corrected chi connectivity index (χ0v) is 11.3. The lowest BCUT2D eigenvalue weighted by atomic mass is 9.88. The topological polar surface area (TPSA) is 38.0 Å². The molecule has 2 aromatic rings. The van der Waals surface area contributed by atoms with Crippen molar-refractivity contribution in [2.24, 2.45) is 0 Å². The van der Waals surface area contributed by atoms with Crippen LogP contribution in [0.3, 0.4) is 0 Å². The van der Waals surface area contributed by atoms with Gasteiger partial charge in [0.2, 0.25) is 0 Å². The van der Waals surface area contributed by atoms with E-state index in [4.69, 9.17) is 5.73 Å². The van der Waals surface area contributed by atoms with Gasteiger partial charge in [0, 0.05) is 17.4 Å². The largest absolute Gasteiger partial charge is 0.399 e. The fourth-order valence-corrected chi connectivity index (χ4v) is 2.95. The zero-order valence-electron chi connectivity index (χ0n) is 11.3. The Bertz CT molecular complexity index is 569. The Morgan fingerprint density at radius 3 is 2.68 bits per heavy atom. The van der Waals surface area contributed by atoms with Gasteiger partial charge < -0.3 is 11.1 Å². The highest BCUT2D eigenvalue weighted by Crippen LogP contribution is 2.24. The molecule has 1 aliphatic carbocycles.